The van der Waals surface area contributed by atoms with Crippen molar-refractivity contribution in [2.45, 2.75) is 44.9 Å². The largest absolute Gasteiger partial charge is 0.370 e. The quantitative estimate of drug-likeness (QED) is 0.825. The van der Waals surface area contributed by atoms with E-state index in [1.54, 1.807) is 6.07 Å². The standard InChI is InChI=1S/C23H27N3O2/c1-23(2)17-15-16(11-12-18(17)25-22(23)28)21(27)24-19-9-5-6-10-20(19)26-13-7-3-4-8-14-26/h5-6,9-12,15H,3-4,7-8,13-14H2,1-2H3,(H,24,27)(H,25,28). The van der Waals surface area contributed by atoms with Crippen LogP contribution in [0.5, 0.6) is 0 Å². The normalized spacial score (nSPS) is 18.2. The molecule has 0 unspecified atom stereocenters. The number of fused-ring (bicyclic) bond motifs is 1. The zero-order valence-corrected chi connectivity index (χ0v) is 16.5. The van der Waals surface area contributed by atoms with Crippen molar-refractivity contribution in [1.29, 1.82) is 0 Å². The van der Waals surface area contributed by atoms with Gasteiger partial charge in [0.25, 0.3) is 5.91 Å². The van der Waals surface area contributed by atoms with E-state index in [9.17, 15) is 9.59 Å². The van der Waals surface area contributed by atoms with Crippen LogP contribution in [0.3, 0.4) is 0 Å². The fraction of sp³-hybridized carbons (Fsp3) is 0.391. The number of carbonyl (C=O) groups excluding carboxylic acids is 2. The van der Waals surface area contributed by atoms with Gasteiger partial charge in [-0.05, 0) is 62.6 Å². The van der Waals surface area contributed by atoms with Crippen LogP contribution in [0.15, 0.2) is 42.5 Å². The zero-order valence-electron chi connectivity index (χ0n) is 16.5. The molecule has 146 valence electrons. The first-order valence-electron chi connectivity index (χ1n) is 10.1. The van der Waals surface area contributed by atoms with Gasteiger partial charge in [0, 0.05) is 24.3 Å². The van der Waals surface area contributed by atoms with Crippen molar-refractivity contribution in [2.75, 3.05) is 28.6 Å². The smallest absolute Gasteiger partial charge is 0.255 e. The van der Waals surface area contributed by atoms with Gasteiger partial charge >= 0.3 is 0 Å². The molecule has 28 heavy (non-hydrogen) atoms. The molecule has 0 aliphatic carbocycles. The van der Waals surface area contributed by atoms with Crippen LogP contribution in [-0.2, 0) is 10.2 Å². The topological polar surface area (TPSA) is 61.4 Å². The summed E-state index contributed by atoms with van der Waals surface area (Å²) in [6.45, 7) is 5.80. The SMILES string of the molecule is CC1(C)C(=O)Nc2ccc(C(=O)Nc3ccccc3N3CCCCCC3)cc21. The number of benzene rings is 2. The van der Waals surface area contributed by atoms with Crippen molar-refractivity contribution < 1.29 is 9.59 Å². The summed E-state index contributed by atoms with van der Waals surface area (Å²) in [6, 6.07) is 13.4. The number of hydrogen-bond donors (Lipinski definition) is 2. The lowest BCUT2D eigenvalue weighted by Crippen LogP contribution is -2.27. The van der Waals surface area contributed by atoms with Crippen LogP contribution < -0.4 is 15.5 Å². The highest BCUT2D eigenvalue weighted by Gasteiger charge is 2.38. The van der Waals surface area contributed by atoms with Crippen LogP contribution in [0.4, 0.5) is 17.1 Å². The molecule has 0 radical (unpaired) electrons. The van der Waals surface area contributed by atoms with Crippen LogP contribution >= 0.6 is 0 Å². The molecule has 0 aromatic heterocycles. The summed E-state index contributed by atoms with van der Waals surface area (Å²) in [5, 5.41) is 5.97. The second-order valence-electron chi connectivity index (χ2n) is 8.21. The Kier molecular flexibility index (Phi) is 4.84. The Morgan fingerprint density at radius 1 is 1.04 bits per heavy atom. The molecule has 2 aromatic rings. The van der Waals surface area contributed by atoms with Crippen molar-refractivity contribution in [2.24, 2.45) is 0 Å². The number of hydrogen-bond acceptors (Lipinski definition) is 3. The molecule has 4 rings (SSSR count). The molecule has 0 atom stereocenters. The molecule has 1 saturated heterocycles. The molecule has 2 N–H and O–H groups in total. The van der Waals surface area contributed by atoms with Crippen LogP contribution in [0.25, 0.3) is 0 Å². The molecule has 2 aliphatic rings. The highest BCUT2D eigenvalue weighted by molar-refractivity contribution is 6.09. The van der Waals surface area contributed by atoms with Crippen molar-refractivity contribution in [3.05, 3.63) is 53.6 Å². The summed E-state index contributed by atoms with van der Waals surface area (Å²) in [5.74, 6) is -0.188. The Morgan fingerprint density at radius 2 is 1.75 bits per heavy atom. The first-order chi connectivity index (χ1) is 13.5. The van der Waals surface area contributed by atoms with Crippen molar-refractivity contribution in [3.8, 4) is 0 Å². The molecular weight excluding hydrogens is 350 g/mol. The minimum atomic E-state index is -0.629. The van der Waals surface area contributed by atoms with Gasteiger partial charge in [-0.1, -0.05) is 25.0 Å². The third-order valence-corrected chi connectivity index (χ3v) is 5.87. The van der Waals surface area contributed by atoms with E-state index in [2.05, 4.69) is 21.6 Å². The van der Waals surface area contributed by atoms with E-state index < -0.39 is 5.41 Å². The molecule has 2 heterocycles. The van der Waals surface area contributed by atoms with Gasteiger partial charge in [-0.25, -0.2) is 0 Å². The fourth-order valence-electron chi connectivity index (χ4n) is 4.07. The lowest BCUT2D eigenvalue weighted by Gasteiger charge is -2.25. The number of nitrogens with zero attached hydrogens (tertiary/aromatic N) is 1. The zero-order chi connectivity index (χ0) is 19.7. The molecular formula is C23H27N3O2. The van der Waals surface area contributed by atoms with E-state index in [0.29, 0.717) is 5.56 Å². The summed E-state index contributed by atoms with van der Waals surface area (Å²) in [4.78, 5) is 27.5. The fourth-order valence-corrected chi connectivity index (χ4v) is 4.07. The Hall–Kier alpha value is -2.82. The minimum Gasteiger partial charge on any atom is -0.370 e. The Morgan fingerprint density at radius 3 is 2.50 bits per heavy atom. The van der Waals surface area contributed by atoms with E-state index in [1.807, 2.05) is 44.2 Å². The van der Waals surface area contributed by atoms with Gasteiger partial charge in [0.1, 0.15) is 0 Å². The van der Waals surface area contributed by atoms with Gasteiger partial charge in [0.2, 0.25) is 5.91 Å². The Bertz CT molecular complexity index is 912. The van der Waals surface area contributed by atoms with E-state index in [4.69, 9.17) is 0 Å². The minimum absolute atomic E-state index is 0.0356. The summed E-state index contributed by atoms with van der Waals surface area (Å²) in [6.07, 6.45) is 4.90. The molecule has 0 saturated carbocycles. The first-order valence-corrected chi connectivity index (χ1v) is 10.1. The highest BCUT2D eigenvalue weighted by Crippen LogP contribution is 2.38. The predicted molar refractivity (Wildman–Crippen MR) is 113 cm³/mol. The number of para-hydroxylation sites is 2. The van der Waals surface area contributed by atoms with Crippen molar-refractivity contribution in [1.82, 2.24) is 0 Å². The monoisotopic (exact) mass is 377 g/mol. The summed E-state index contributed by atoms with van der Waals surface area (Å²) in [7, 11) is 0. The van der Waals surface area contributed by atoms with Gasteiger partial charge in [0.05, 0.1) is 16.8 Å². The molecule has 1 fully saturated rings. The van der Waals surface area contributed by atoms with E-state index in [0.717, 1.165) is 35.7 Å². The summed E-state index contributed by atoms with van der Waals surface area (Å²) >= 11 is 0. The predicted octanol–water partition coefficient (Wildman–Crippen LogP) is 4.55. The van der Waals surface area contributed by atoms with Gasteiger partial charge in [-0.3, -0.25) is 9.59 Å². The van der Waals surface area contributed by atoms with Gasteiger partial charge < -0.3 is 15.5 Å². The molecule has 2 aromatic carbocycles. The molecule has 2 aliphatic heterocycles. The maximum atomic E-state index is 13.0. The number of nitrogens with one attached hydrogen (secondary N) is 2. The lowest BCUT2D eigenvalue weighted by atomic mass is 9.85. The van der Waals surface area contributed by atoms with E-state index in [1.165, 1.54) is 25.7 Å². The third-order valence-electron chi connectivity index (χ3n) is 5.87. The van der Waals surface area contributed by atoms with Crippen LogP contribution in [0.1, 0.15) is 55.5 Å². The van der Waals surface area contributed by atoms with E-state index >= 15 is 0 Å². The maximum absolute atomic E-state index is 13.0. The number of carbonyl (C=O) groups is 2. The van der Waals surface area contributed by atoms with Gasteiger partial charge in [-0.15, -0.1) is 0 Å². The van der Waals surface area contributed by atoms with Crippen molar-refractivity contribution in [3.63, 3.8) is 0 Å². The van der Waals surface area contributed by atoms with Crippen LogP contribution in [-0.4, -0.2) is 24.9 Å². The Labute approximate surface area is 166 Å². The lowest BCUT2D eigenvalue weighted by molar-refractivity contribution is -0.119. The number of rotatable bonds is 3. The second kappa shape index (κ2) is 7.30. The highest BCUT2D eigenvalue weighted by atomic mass is 16.2. The molecule has 2 amide bonds. The second-order valence-corrected chi connectivity index (χ2v) is 8.21. The summed E-state index contributed by atoms with van der Waals surface area (Å²) < 4.78 is 0. The average molecular weight is 377 g/mol. The average Bonchev–Trinajstić information content (AvgIpc) is 2.88. The maximum Gasteiger partial charge on any atom is 0.255 e. The van der Waals surface area contributed by atoms with Crippen LogP contribution in [0, 0.1) is 0 Å². The van der Waals surface area contributed by atoms with Crippen molar-refractivity contribution >= 4 is 28.9 Å². The van der Waals surface area contributed by atoms with Gasteiger partial charge in [0.15, 0.2) is 0 Å². The Balaban J connectivity index is 1.59. The molecule has 5 nitrogen and oxygen atoms in total. The third kappa shape index (κ3) is 3.37. The number of anilines is 3. The molecule has 0 spiro atoms. The van der Waals surface area contributed by atoms with E-state index in [-0.39, 0.29) is 11.8 Å². The first kappa shape index (κ1) is 18.5. The molecule has 0 bridgehead atoms. The molecule has 5 heteroatoms. The van der Waals surface area contributed by atoms with Gasteiger partial charge in [-0.2, -0.15) is 0 Å². The number of amides is 2. The van der Waals surface area contributed by atoms with Crippen LogP contribution in [0.2, 0.25) is 0 Å². The summed E-state index contributed by atoms with van der Waals surface area (Å²) in [5.41, 5.74) is 3.51.